The van der Waals surface area contributed by atoms with Crippen molar-refractivity contribution in [1.82, 2.24) is 0 Å². The molecule has 0 radical (unpaired) electrons. The Morgan fingerprint density at radius 1 is 0.743 bits per heavy atom. The summed E-state index contributed by atoms with van der Waals surface area (Å²) in [5.41, 5.74) is 1.41. The summed E-state index contributed by atoms with van der Waals surface area (Å²) < 4.78 is 28.7. The first-order valence-electron chi connectivity index (χ1n) is 11.0. The molecule has 5 rings (SSSR count). The van der Waals surface area contributed by atoms with Gasteiger partial charge in [0.05, 0.1) is 10.6 Å². The Morgan fingerprint density at radius 3 is 1.80 bits per heavy atom. The van der Waals surface area contributed by atoms with E-state index >= 15 is 0 Å². The van der Waals surface area contributed by atoms with Crippen molar-refractivity contribution in [3.8, 4) is 0 Å². The largest absolute Gasteiger partial charge is 0.326 e. The molecule has 4 aromatic carbocycles. The van der Waals surface area contributed by atoms with E-state index in [2.05, 4.69) is 5.32 Å². The number of carbonyl (C=O) groups excluding carboxylic acids is 2. The second kappa shape index (κ2) is 8.52. The summed E-state index contributed by atoms with van der Waals surface area (Å²) in [7, 11) is -4.26. The van der Waals surface area contributed by atoms with Gasteiger partial charge in [0.2, 0.25) is 5.91 Å². The van der Waals surface area contributed by atoms with E-state index in [1.807, 2.05) is 72.8 Å². The highest BCUT2D eigenvalue weighted by molar-refractivity contribution is 7.93. The summed E-state index contributed by atoms with van der Waals surface area (Å²) >= 11 is 0. The summed E-state index contributed by atoms with van der Waals surface area (Å²) in [6.07, 6.45) is 0. The lowest BCUT2D eigenvalue weighted by Gasteiger charge is -2.30. The van der Waals surface area contributed by atoms with E-state index in [0.717, 1.165) is 4.31 Å². The number of fused-ring (bicyclic) bond motifs is 1. The molecule has 35 heavy (non-hydrogen) atoms. The summed E-state index contributed by atoms with van der Waals surface area (Å²) in [6, 6.07) is 31.3. The van der Waals surface area contributed by atoms with Crippen molar-refractivity contribution >= 4 is 33.2 Å². The van der Waals surface area contributed by atoms with E-state index in [1.54, 1.807) is 12.1 Å². The molecule has 0 fully saturated rings. The number of nitrogens with one attached hydrogen (secondary N) is 1. The normalized spacial score (nSPS) is 14.4. The number of nitrogens with zero attached hydrogens (tertiary/aromatic N) is 1. The van der Waals surface area contributed by atoms with Crippen LogP contribution in [0.4, 0.5) is 11.4 Å². The van der Waals surface area contributed by atoms with Crippen LogP contribution in [0.2, 0.25) is 0 Å². The highest BCUT2D eigenvalue weighted by Gasteiger charge is 2.56. The smallest absolute Gasteiger partial charge is 0.270 e. The highest BCUT2D eigenvalue weighted by Crippen LogP contribution is 2.51. The van der Waals surface area contributed by atoms with Gasteiger partial charge >= 0.3 is 0 Å². The molecule has 0 aliphatic carbocycles. The molecule has 4 aromatic rings. The van der Waals surface area contributed by atoms with Crippen LogP contribution in [0.15, 0.2) is 114 Å². The maximum Gasteiger partial charge on any atom is 0.270 e. The van der Waals surface area contributed by atoms with Crippen LogP contribution in [-0.2, 0) is 25.0 Å². The molecule has 2 amide bonds. The Labute approximate surface area is 203 Å². The Balaban J connectivity index is 1.73. The summed E-state index contributed by atoms with van der Waals surface area (Å²) in [5.74, 6) is -0.832. The summed E-state index contributed by atoms with van der Waals surface area (Å²) in [5, 5.41) is 2.62. The second-order valence-electron chi connectivity index (χ2n) is 8.28. The fourth-order valence-corrected chi connectivity index (χ4v) is 6.17. The van der Waals surface area contributed by atoms with Crippen LogP contribution in [0.1, 0.15) is 23.6 Å². The van der Waals surface area contributed by atoms with Gasteiger partial charge in [-0.3, -0.25) is 9.59 Å². The molecule has 0 saturated carbocycles. The maximum atomic E-state index is 14.4. The first kappa shape index (κ1) is 22.6. The predicted octanol–water partition coefficient (Wildman–Crippen LogP) is 4.71. The minimum Gasteiger partial charge on any atom is -0.326 e. The van der Waals surface area contributed by atoms with Gasteiger partial charge in [0.1, 0.15) is 5.41 Å². The van der Waals surface area contributed by atoms with E-state index in [0.29, 0.717) is 28.1 Å². The van der Waals surface area contributed by atoms with Crippen LogP contribution in [-0.4, -0.2) is 20.2 Å². The molecular formula is C28H22N2O4S. The topological polar surface area (TPSA) is 83.6 Å². The molecule has 0 unspecified atom stereocenters. The third kappa shape index (κ3) is 3.52. The molecule has 1 heterocycles. The Hall–Kier alpha value is -4.23. The highest BCUT2D eigenvalue weighted by atomic mass is 32.2. The SMILES string of the molecule is CC(=O)Nc1ccc(S(=O)(=O)N2C(=O)C(c3ccccc3)(c3ccccc3)c3ccccc32)cc1. The minimum absolute atomic E-state index is 0.0494. The molecule has 0 saturated heterocycles. The van der Waals surface area contributed by atoms with E-state index in [1.165, 1.54) is 31.2 Å². The van der Waals surface area contributed by atoms with Crippen LogP contribution >= 0.6 is 0 Å². The molecule has 6 nitrogen and oxygen atoms in total. The number of anilines is 2. The predicted molar refractivity (Wildman–Crippen MR) is 135 cm³/mol. The molecule has 174 valence electrons. The first-order chi connectivity index (χ1) is 16.9. The van der Waals surface area contributed by atoms with Crippen LogP contribution in [0.25, 0.3) is 0 Å². The van der Waals surface area contributed by atoms with Gasteiger partial charge < -0.3 is 5.32 Å². The van der Waals surface area contributed by atoms with Gasteiger partial charge in [-0.1, -0.05) is 78.9 Å². The standard InChI is InChI=1S/C28H22N2O4S/c1-20(31)29-23-16-18-24(19-17-23)35(33,34)30-26-15-9-8-14-25(26)28(27(30)32,21-10-4-2-5-11-21)22-12-6-3-7-13-22/h2-19H,1H3,(H,29,31). The third-order valence-corrected chi connectivity index (χ3v) is 7.87. The van der Waals surface area contributed by atoms with Gasteiger partial charge in [0, 0.05) is 18.2 Å². The Kier molecular flexibility index (Phi) is 5.49. The molecule has 0 aromatic heterocycles. The van der Waals surface area contributed by atoms with Gasteiger partial charge in [0.25, 0.3) is 15.9 Å². The fraction of sp³-hybridized carbons (Fsp3) is 0.0714. The number of sulfonamides is 1. The number of benzene rings is 4. The lowest BCUT2D eigenvalue weighted by molar-refractivity contribution is -0.119. The number of hydrogen-bond acceptors (Lipinski definition) is 4. The molecule has 7 heteroatoms. The minimum atomic E-state index is -4.26. The number of amides is 2. The zero-order valence-electron chi connectivity index (χ0n) is 18.9. The molecule has 1 aliphatic rings. The van der Waals surface area contributed by atoms with Gasteiger partial charge in [-0.25, -0.2) is 12.7 Å². The second-order valence-corrected chi connectivity index (χ2v) is 10.1. The molecule has 1 N–H and O–H groups in total. The number of rotatable bonds is 5. The van der Waals surface area contributed by atoms with Crippen LogP contribution in [0.3, 0.4) is 0 Å². The average Bonchev–Trinajstić information content (AvgIpc) is 3.14. The lowest BCUT2D eigenvalue weighted by atomic mass is 9.70. The van der Waals surface area contributed by atoms with E-state index in [9.17, 15) is 18.0 Å². The first-order valence-corrected chi connectivity index (χ1v) is 12.5. The quantitative estimate of drug-likeness (QED) is 0.446. The van der Waals surface area contributed by atoms with E-state index in [4.69, 9.17) is 0 Å². The Morgan fingerprint density at radius 2 is 1.26 bits per heavy atom. The molecular weight excluding hydrogens is 460 g/mol. The number of hydrogen-bond donors (Lipinski definition) is 1. The molecule has 1 aliphatic heterocycles. The van der Waals surface area contributed by atoms with Crippen molar-refractivity contribution in [3.63, 3.8) is 0 Å². The van der Waals surface area contributed by atoms with Crippen molar-refractivity contribution in [2.45, 2.75) is 17.2 Å². The zero-order chi connectivity index (χ0) is 24.6. The van der Waals surface area contributed by atoms with Crippen molar-refractivity contribution in [3.05, 3.63) is 126 Å². The van der Waals surface area contributed by atoms with Gasteiger partial charge in [-0.2, -0.15) is 0 Å². The van der Waals surface area contributed by atoms with Crippen molar-refractivity contribution in [1.29, 1.82) is 0 Å². The fourth-order valence-electron chi connectivity index (χ4n) is 4.70. The van der Waals surface area contributed by atoms with Crippen molar-refractivity contribution in [2.24, 2.45) is 0 Å². The summed E-state index contributed by atoms with van der Waals surface area (Å²) in [4.78, 5) is 25.7. The Bertz CT molecular complexity index is 1480. The third-order valence-electron chi connectivity index (χ3n) is 6.16. The maximum absolute atomic E-state index is 14.4. The monoisotopic (exact) mass is 482 g/mol. The average molecular weight is 483 g/mol. The molecule has 0 spiro atoms. The van der Waals surface area contributed by atoms with Gasteiger partial charge in [-0.15, -0.1) is 0 Å². The number of carbonyl (C=O) groups is 2. The van der Waals surface area contributed by atoms with E-state index < -0.39 is 21.3 Å². The lowest BCUT2D eigenvalue weighted by Crippen LogP contribution is -2.44. The van der Waals surface area contributed by atoms with E-state index in [-0.39, 0.29) is 10.8 Å². The van der Waals surface area contributed by atoms with Crippen molar-refractivity contribution < 1.29 is 18.0 Å². The van der Waals surface area contributed by atoms with Crippen LogP contribution in [0, 0.1) is 0 Å². The molecule has 0 bridgehead atoms. The van der Waals surface area contributed by atoms with Crippen molar-refractivity contribution in [2.75, 3.05) is 9.62 Å². The number of para-hydroxylation sites is 1. The summed E-state index contributed by atoms with van der Waals surface area (Å²) in [6.45, 7) is 1.37. The van der Waals surface area contributed by atoms with Crippen LogP contribution < -0.4 is 9.62 Å². The molecule has 0 atom stereocenters. The van der Waals surface area contributed by atoms with Crippen LogP contribution in [0.5, 0.6) is 0 Å². The van der Waals surface area contributed by atoms with Gasteiger partial charge in [0.15, 0.2) is 0 Å². The zero-order valence-corrected chi connectivity index (χ0v) is 19.7. The van der Waals surface area contributed by atoms with Gasteiger partial charge in [-0.05, 0) is 41.5 Å².